The Morgan fingerprint density at radius 1 is 1.20 bits per heavy atom. The van der Waals surface area contributed by atoms with Gasteiger partial charge >= 0.3 is 0 Å². The number of hydrogen-bond donors (Lipinski definition) is 1. The van der Waals surface area contributed by atoms with E-state index in [0.717, 1.165) is 0 Å². The highest BCUT2D eigenvalue weighted by Gasteiger charge is 2.16. The molecule has 0 amide bonds. The fourth-order valence-corrected chi connectivity index (χ4v) is 1.71. The van der Waals surface area contributed by atoms with Gasteiger partial charge in [-0.05, 0) is 30.3 Å². The predicted octanol–water partition coefficient (Wildman–Crippen LogP) is 2.54. The van der Waals surface area contributed by atoms with E-state index < -0.39 is 10.7 Å². The smallest absolute Gasteiger partial charge is 0.269 e. The van der Waals surface area contributed by atoms with E-state index in [0.29, 0.717) is 5.75 Å². The monoisotopic (exact) mass is 273 g/mol. The third kappa shape index (κ3) is 2.59. The first-order valence-electron chi connectivity index (χ1n) is 5.69. The van der Waals surface area contributed by atoms with Gasteiger partial charge in [-0.15, -0.1) is 0 Å². The Morgan fingerprint density at radius 3 is 2.40 bits per heavy atom. The molecule has 2 rings (SSSR count). The van der Waals surface area contributed by atoms with Gasteiger partial charge in [0.1, 0.15) is 11.5 Å². The largest absolute Gasteiger partial charge is 0.507 e. The maximum Gasteiger partial charge on any atom is 0.269 e. The molecule has 2 aromatic carbocycles. The van der Waals surface area contributed by atoms with Crippen molar-refractivity contribution in [2.75, 3.05) is 7.11 Å². The highest BCUT2D eigenvalue weighted by atomic mass is 16.6. The number of ether oxygens (including phenoxy) is 1. The Labute approximate surface area is 114 Å². The Hall–Kier alpha value is -2.89. The highest BCUT2D eigenvalue weighted by molar-refractivity contribution is 6.10. The van der Waals surface area contributed by atoms with Gasteiger partial charge in [0.2, 0.25) is 0 Å². The van der Waals surface area contributed by atoms with Crippen LogP contribution in [0.5, 0.6) is 11.5 Å². The Bertz CT molecular complexity index is 664. The molecule has 0 atom stereocenters. The minimum atomic E-state index is -0.544. The van der Waals surface area contributed by atoms with Crippen molar-refractivity contribution in [3.63, 3.8) is 0 Å². The second kappa shape index (κ2) is 5.40. The second-order valence-corrected chi connectivity index (χ2v) is 4.02. The molecule has 0 aliphatic carbocycles. The van der Waals surface area contributed by atoms with Gasteiger partial charge < -0.3 is 9.84 Å². The standard InChI is InChI=1S/C14H11NO5/c1-20-11-6-7-13(16)12(8-11)14(17)9-2-4-10(5-3-9)15(18)19/h2-8,16H,1H3. The average Bonchev–Trinajstić information content (AvgIpc) is 2.47. The molecule has 6 nitrogen and oxygen atoms in total. The first kappa shape index (κ1) is 13.5. The minimum Gasteiger partial charge on any atom is -0.507 e. The number of rotatable bonds is 4. The van der Waals surface area contributed by atoms with E-state index in [2.05, 4.69) is 0 Å². The van der Waals surface area contributed by atoms with Crippen LogP contribution in [0, 0.1) is 10.1 Å². The number of phenolic OH excluding ortho intramolecular Hbond substituents is 1. The van der Waals surface area contributed by atoms with Gasteiger partial charge in [0.15, 0.2) is 5.78 Å². The maximum atomic E-state index is 12.2. The fraction of sp³-hybridized carbons (Fsp3) is 0.0714. The van der Waals surface area contributed by atoms with Crippen LogP contribution in [0.3, 0.4) is 0 Å². The van der Waals surface area contributed by atoms with Crippen LogP contribution >= 0.6 is 0 Å². The van der Waals surface area contributed by atoms with Crippen LogP contribution in [0.1, 0.15) is 15.9 Å². The molecule has 0 aliphatic heterocycles. The topological polar surface area (TPSA) is 89.7 Å². The van der Waals surface area contributed by atoms with E-state index >= 15 is 0 Å². The first-order valence-corrected chi connectivity index (χ1v) is 5.69. The molecule has 0 saturated heterocycles. The number of carbonyl (C=O) groups is 1. The minimum absolute atomic E-state index is 0.0817. The number of benzene rings is 2. The van der Waals surface area contributed by atoms with Crippen LogP contribution in [0.15, 0.2) is 42.5 Å². The Balaban J connectivity index is 2.38. The van der Waals surface area contributed by atoms with Crippen LogP contribution in [-0.2, 0) is 0 Å². The molecule has 6 heteroatoms. The molecule has 0 spiro atoms. The SMILES string of the molecule is COc1ccc(O)c(C(=O)c2ccc([N+](=O)[O-])cc2)c1. The zero-order valence-corrected chi connectivity index (χ0v) is 10.6. The molecule has 102 valence electrons. The number of nitro groups is 1. The molecular formula is C14H11NO5. The zero-order chi connectivity index (χ0) is 14.7. The number of hydrogen-bond acceptors (Lipinski definition) is 5. The molecule has 2 aromatic rings. The number of aromatic hydroxyl groups is 1. The summed E-state index contributed by atoms with van der Waals surface area (Å²) in [6.45, 7) is 0. The Morgan fingerprint density at radius 2 is 1.85 bits per heavy atom. The summed E-state index contributed by atoms with van der Waals surface area (Å²) >= 11 is 0. The van der Waals surface area contributed by atoms with Gasteiger partial charge in [-0.25, -0.2) is 0 Å². The number of non-ortho nitro benzene ring substituents is 1. The molecule has 0 bridgehead atoms. The van der Waals surface area contributed by atoms with Crippen molar-refractivity contribution >= 4 is 11.5 Å². The maximum absolute atomic E-state index is 12.2. The van der Waals surface area contributed by atoms with Crippen molar-refractivity contribution in [3.05, 3.63) is 63.7 Å². The molecule has 0 fully saturated rings. The molecule has 20 heavy (non-hydrogen) atoms. The molecular weight excluding hydrogens is 262 g/mol. The van der Waals surface area contributed by atoms with Crippen LogP contribution in [0.2, 0.25) is 0 Å². The van der Waals surface area contributed by atoms with Gasteiger partial charge in [-0.3, -0.25) is 14.9 Å². The lowest BCUT2D eigenvalue weighted by molar-refractivity contribution is -0.384. The molecule has 1 N–H and O–H groups in total. The summed E-state index contributed by atoms with van der Waals surface area (Å²) in [5.41, 5.74) is 0.230. The van der Waals surface area contributed by atoms with Crippen molar-refractivity contribution in [1.82, 2.24) is 0 Å². The first-order chi connectivity index (χ1) is 9.52. The van der Waals surface area contributed by atoms with Crippen molar-refractivity contribution in [3.8, 4) is 11.5 Å². The lowest BCUT2D eigenvalue weighted by atomic mass is 10.0. The van der Waals surface area contributed by atoms with Crippen LogP contribution in [-0.4, -0.2) is 22.9 Å². The van der Waals surface area contributed by atoms with E-state index in [4.69, 9.17) is 4.74 Å². The molecule has 0 aliphatic rings. The third-order valence-corrected chi connectivity index (χ3v) is 2.79. The number of methoxy groups -OCH3 is 1. The summed E-state index contributed by atoms with van der Waals surface area (Å²) in [5, 5.41) is 20.3. The highest BCUT2D eigenvalue weighted by Crippen LogP contribution is 2.26. The summed E-state index contributed by atoms with van der Waals surface area (Å²) in [6.07, 6.45) is 0. The average molecular weight is 273 g/mol. The van der Waals surface area contributed by atoms with E-state index in [1.165, 1.54) is 49.6 Å². The summed E-state index contributed by atoms with van der Waals surface area (Å²) in [5.74, 6) is -0.168. The van der Waals surface area contributed by atoms with E-state index in [1.54, 1.807) is 0 Å². The van der Waals surface area contributed by atoms with E-state index in [-0.39, 0.29) is 22.6 Å². The molecule has 0 aromatic heterocycles. The third-order valence-electron chi connectivity index (χ3n) is 2.79. The summed E-state index contributed by atoms with van der Waals surface area (Å²) in [6, 6.07) is 9.48. The number of nitro benzene ring substituents is 1. The molecule has 0 unspecified atom stereocenters. The molecule has 0 heterocycles. The van der Waals surface area contributed by atoms with Gasteiger partial charge in [-0.2, -0.15) is 0 Å². The summed E-state index contributed by atoms with van der Waals surface area (Å²) in [4.78, 5) is 22.2. The number of carbonyl (C=O) groups excluding carboxylic acids is 1. The van der Waals surface area contributed by atoms with Gasteiger partial charge in [0.25, 0.3) is 5.69 Å². The number of nitrogens with zero attached hydrogens (tertiary/aromatic N) is 1. The van der Waals surface area contributed by atoms with Crippen molar-refractivity contribution in [2.24, 2.45) is 0 Å². The lowest BCUT2D eigenvalue weighted by Crippen LogP contribution is -2.02. The zero-order valence-electron chi connectivity index (χ0n) is 10.6. The van der Waals surface area contributed by atoms with E-state index in [1.807, 2.05) is 0 Å². The van der Waals surface area contributed by atoms with E-state index in [9.17, 15) is 20.0 Å². The van der Waals surface area contributed by atoms with Crippen molar-refractivity contribution in [2.45, 2.75) is 0 Å². The van der Waals surface area contributed by atoms with Gasteiger partial charge in [-0.1, -0.05) is 0 Å². The van der Waals surface area contributed by atoms with Crippen molar-refractivity contribution in [1.29, 1.82) is 0 Å². The Kier molecular flexibility index (Phi) is 3.65. The number of phenols is 1. The summed E-state index contributed by atoms with van der Waals surface area (Å²) in [7, 11) is 1.45. The normalized spacial score (nSPS) is 10.1. The van der Waals surface area contributed by atoms with Crippen LogP contribution in [0.25, 0.3) is 0 Å². The molecule has 0 radical (unpaired) electrons. The predicted molar refractivity (Wildman–Crippen MR) is 71.2 cm³/mol. The second-order valence-electron chi connectivity index (χ2n) is 4.02. The van der Waals surface area contributed by atoms with Crippen molar-refractivity contribution < 1.29 is 19.6 Å². The van der Waals surface area contributed by atoms with Gasteiger partial charge in [0, 0.05) is 17.7 Å². The fourth-order valence-electron chi connectivity index (χ4n) is 1.71. The van der Waals surface area contributed by atoms with Gasteiger partial charge in [0.05, 0.1) is 17.6 Å². The quantitative estimate of drug-likeness (QED) is 0.525. The van der Waals surface area contributed by atoms with Crippen LogP contribution < -0.4 is 4.74 Å². The molecule has 0 saturated carbocycles. The van der Waals surface area contributed by atoms with Crippen LogP contribution in [0.4, 0.5) is 5.69 Å². The lowest BCUT2D eigenvalue weighted by Gasteiger charge is -2.06. The number of ketones is 1. The summed E-state index contributed by atoms with van der Waals surface area (Å²) < 4.78 is 4.99.